The molecule has 1 aliphatic heterocycles. The molecule has 0 aliphatic carbocycles. The Hall–Kier alpha value is -2.01. The number of aromatic amines is 1. The van der Waals surface area contributed by atoms with Crippen molar-refractivity contribution in [2.75, 3.05) is 27.1 Å². The van der Waals surface area contributed by atoms with Gasteiger partial charge in [-0.1, -0.05) is 6.07 Å². The molecule has 0 spiro atoms. The smallest absolute Gasteiger partial charge is 0.407 e. The Labute approximate surface area is 144 Å². The van der Waals surface area contributed by atoms with Crippen LogP contribution in [-0.4, -0.2) is 49.1 Å². The molecule has 2 heterocycles. The number of ether oxygens (including phenoxy) is 1. The number of hydrogen-bond acceptors (Lipinski definition) is 3. The van der Waals surface area contributed by atoms with Gasteiger partial charge in [0.2, 0.25) is 0 Å². The third-order valence-corrected chi connectivity index (χ3v) is 2.88. The third kappa shape index (κ3) is 3.19. The number of nitrogens with one attached hydrogen (secondary N) is 2. The van der Waals surface area contributed by atoms with Crippen LogP contribution in [0.25, 0.3) is 10.9 Å². The minimum absolute atomic E-state index is 0.00461. The van der Waals surface area contributed by atoms with Gasteiger partial charge < -0.3 is 19.9 Å². The van der Waals surface area contributed by atoms with Crippen molar-refractivity contribution in [1.82, 2.24) is 15.2 Å². The van der Waals surface area contributed by atoms with Gasteiger partial charge in [0.05, 0.1) is 6.04 Å². The molecular weight excluding hydrogens is 266 g/mol. The minimum Gasteiger partial charge on any atom is -0.447 e. The second-order valence-electron chi connectivity index (χ2n) is 4.34. The van der Waals surface area contributed by atoms with Crippen LogP contribution < -0.4 is 5.31 Å². The molecule has 2 N–H and O–H groups in total. The minimum atomic E-state index is -3.64. The Morgan fingerprint density at radius 1 is 1.57 bits per heavy atom. The number of aromatic nitrogens is 1. The predicted molar refractivity (Wildman–Crippen MR) is 82.5 cm³/mol. The van der Waals surface area contributed by atoms with E-state index in [9.17, 15) is 4.79 Å². The van der Waals surface area contributed by atoms with Crippen LogP contribution in [0.2, 0.25) is 2.82 Å². The van der Waals surface area contributed by atoms with Gasteiger partial charge in [0.1, 0.15) is 6.61 Å². The number of cyclic esters (lactones) is 1. The van der Waals surface area contributed by atoms with E-state index in [-0.39, 0.29) is 16.5 Å². The molecule has 0 bridgehead atoms. The number of aryl methyl sites for hydroxylation is 1. The van der Waals surface area contributed by atoms with E-state index >= 15 is 0 Å². The lowest BCUT2D eigenvalue weighted by atomic mass is 10.0. The Bertz CT molecular complexity index is 1120. The Balaban J connectivity index is 2.20. The summed E-state index contributed by atoms with van der Waals surface area (Å²) in [4.78, 5) is 11.7. The molecule has 0 radical (unpaired) electrons. The largest absolute Gasteiger partial charge is 0.447 e. The lowest BCUT2D eigenvalue weighted by molar-refractivity contribution is 0.177. The lowest BCUT2D eigenvalue weighted by Crippen LogP contribution is -2.28. The fraction of sp³-hybridized carbons (Fsp3) is 0.438. The van der Waals surface area contributed by atoms with Gasteiger partial charge in [0.25, 0.3) is 0 Å². The molecule has 2 aromatic rings. The SMILES string of the molecule is [2H]N1C(=O)OC[C@@H]1C([2H])([2H])c1ccc2c(c1)c(C([2H])([2H])C([2H])([2H])N(C([2H])([2H])[2H])C([2H])([2H])[2H])cn2[2H]. The van der Waals surface area contributed by atoms with E-state index in [1.807, 2.05) is 0 Å². The molecule has 1 amide bonds. The van der Waals surface area contributed by atoms with E-state index in [0.717, 1.165) is 12.3 Å². The molecule has 1 aromatic carbocycles. The lowest BCUT2D eigenvalue weighted by Gasteiger charge is -2.09. The van der Waals surface area contributed by atoms with Gasteiger partial charge in [0, 0.05) is 40.0 Å². The van der Waals surface area contributed by atoms with Crippen LogP contribution in [0.1, 0.15) is 27.6 Å². The highest BCUT2D eigenvalue weighted by Crippen LogP contribution is 2.21. The molecule has 1 saturated heterocycles. The molecule has 1 atom stereocenters. The summed E-state index contributed by atoms with van der Waals surface area (Å²) in [5.41, 5.74) is -0.752. The zero-order valence-corrected chi connectivity index (χ0v) is 10.8. The van der Waals surface area contributed by atoms with Gasteiger partial charge in [-0.3, -0.25) is 0 Å². The van der Waals surface area contributed by atoms with Gasteiger partial charge in [-0.25, -0.2) is 4.79 Å². The summed E-state index contributed by atoms with van der Waals surface area (Å²) in [6, 6.07) is 2.21. The number of carbonyl (C=O) groups excluding carboxylic acids is 1. The number of carbonyl (C=O) groups is 1. The van der Waals surface area contributed by atoms with Crippen molar-refractivity contribution in [2.45, 2.75) is 18.8 Å². The van der Waals surface area contributed by atoms with Crippen molar-refractivity contribution in [1.29, 1.82) is 0 Å². The summed E-state index contributed by atoms with van der Waals surface area (Å²) in [7, 11) is 0. The Morgan fingerprint density at radius 2 is 2.48 bits per heavy atom. The fourth-order valence-corrected chi connectivity index (χ4v) is 1.99. The first-order valence-corrected chi connectivity index (χ1v) is 6.05. The second kappa shape index (κ2) is 5.77. The average molecular weight is 301 g/mol. The summed E-state index contributed by atoms with van der Waals surface area (Å²) in [6.45, 7) is -11.2. The molecule has 5 heteroatoms. The van der Waals surface area contributed by atoms with Crippen LogP contribution in [0.3, 0.4) is 0 Å². The molecule has 3 rings (SSSR count). The summed E-state index contributed by atoms with van der Waals surface area (Å²) < 4.78 is 116. The summed E-state index contributed by atoms with van der Waals surface area (Å²) in [5.74, 6) is 0. The molecule has 112 valence electrons. The van der Waals surface area contributed by atoms with Crippen LogP contribution >= 0.6 is 0 Å². The number of rotatable bonds is 5. The van der Waals surface area contributed by atoms with Gasteiger partial charge in [-0.15, -0.1) is 0 Å². The summed E-state index contributed by atoms with van der Waals surface area (Å²) >= 11 is 0. The van der Waals surface area contributed by atoms with E-state index in [0.29, 0.717) is 10.3 Å². The van der Waals surface area contributed by atoms with Crippen molar-refractivity contribution in [3.63, 3.8) is 0 Å². The summed E-state index contributed by atoms with van der Waals surface area (Å²) in [6.07, 6.45) is -5.92. The maximum absolute atomic E-state index is 11.5. The van der Waals surface area contributed by atoms with E-state index in [1.54, 1.807) is 0 Å². The fourth-order valence-electron chi connectivity index (χ4n) is 1.99. The summed E-state index contributed by atoms with van der Waals surface area (Å²) in [5, 5.41) is 0.136. The van der Waals surface area contributed by atoms with Crippen LogP contribution in [-0.2, 0) is 17.5 Å². The monoisotopic (exact) mass is 301 g/mol. The molecule has 21 heavy (non-hydrogen) atoms. The number of likely N-dealkylation sites (N-methyl/N-ethyl adjacent to an activating group) is 1. The number of hydrogen-bond donors (Lipinski definition) is 2. The van der Waals surface area contributed by atoms with Crippen molar-refractivity contribution in [2.24, 2.45) is 0 Å². The number of fused-ring (bicyclic) bond motifs is 1. The van der Waals surface area contributed by atoms with Gasteiger partial charge >= 0.3 is 6.09 Å². The molecule has 0 unspecified atom stereocenters. The number of alkyl carbamates (subject to hydrolysis) is 1. The van der Waals surface area contributed by atoms with Crippen molar-refractivity contribution in [3.8, 4) is 0 Å². The van der Waals surface area contributed by atoms with E-state index in [2.05, 4.69) is 0 Å². The Kier molecular flexibility index (Phi) is 1.38. The van der Waals surface area contributed by atoms with Gasteiger partial charge in [-0.2, -0.15) is 0 Å². The Morgan fingerprint density at radius 3 is 3.24 bits per heavy atom. The predicted octanol–water partition coefficient (Wildman–Crippen LogP) is 1.92. The first-order valence-electron chi connectivity index (χ1n) is 12.9. The maximum atomic E-state index is 11.5. The molecular formula is C16H21N3O2. The van der Waals surface area contributed by atoms with E-state index in [4.69, 9.17) is 24.0 Å². The topological polar surface area (TPSA) is 57.4 Å². The maximum Gasteiger partial charge on any atom is 0.407 e. The van der Waals surface area contributed by atoms with Crippen LogP contribution in [0, 0.1) is 0 Å². The number of benzene rings is 1. The van der Waals surface area contributed by atoms with E-state index < -0.39 is 62.4 Å². The van der Waals surface area contributed by atoms with Crippen LogP contribution in [0.4, 0.5) is 4.79 Å². The highest BCUT2D eigenvalue weighted by atomic mass is 16.6. The van der Waals surface area contributed by atoms with Crippen LogP contribution in [0.15, 0.2) is 24.4 Å². The number of nitrogens with zero attached hydrogens (tertiary/aromatic N) is 1. The number of amides is 1. The zero-order valence-electron chi connectivity index (χ0n) is 24.8. The molecule has 1 aliphatic rings. The zero-order chi connectivity index (χ0) is 26.9. The second-order valence-corrected chi connectivity index (χ2v) is 4.34. The molecule has 1 fully saturated rings. The van der Waals surface area contributed by atoms with E-state index in [1.165, 1.54) is 12.1 Å². The molecule has 1 aromatic heterocycles. The van der Waals surface area contributed by atoms with Gasteiger partial charge in [0.15, 0.2) is 2.82 Å². The van der Waals surface area contributed by atoms with Gasteiger partial charge in [-0.05, 0) is 50.0 Å². The first-order chi connectivity index (χ1) is 15.6. The van der Waals surface area contributed by atoms with Crippen molar-refractivity contribution < 1.29 is 28.8 Å². The average Bonchev–Trinajstić information content (AvgIpc) is 3.19. The molecule has 5 nitrogen and oxygen atoms in total. The standard InChI is InChI=1S/C16H21N3O2/c1-19(2)6-5-12-9-17-15-4-3-11(8-14(12)15)7-13-10-21-16(20)18-13/h3-4,8-9,13,17H,5-7,10H2,1-2H3,(H,18,20)/t13-/m0/s1/i1D3,2D3,5D2,6D2,7D2/hD2. The quantitative estimate of drug-likeness (QED) is 0.887. The first kappa shape index (κ1) is 5.02. The van der Waals surface area contributed by atoms with Crippen molar-refractivity contribution >= 4 is 17.0 Å². The highest BCUT2D eigenvalue weighted by molar-refractivity contribution is 5.84. The number of H-pyrrole nitrogens is 1. The van der Waals surface area contributed by atoms with Crippen molar-refractivity contribution in [3.05, 3.63) is 35.5 Å². The molecule has 0 saturated carbocycles. The third-order valence-electron chi connectivity index (χ3n) is 2.88. The normalized spacial score (nSPS) is 31.8. The van der Waals surface area contributed by atoms with Crippen LogP contribution in [0.5, 0.6) is 0 Å². The highest BCUT2D eigenvalue weighted by Gasteiger charge is 2.22.